The van der Waals surface area contributed by atoms with E-state index >= 15 is 0 Å². The van der Waals surface area contributed by atoms with E-state index in [1.54, 1.807) is 7.05 Å². The van der Waals surface area contributed by atoms with E-state index in [-0.39, 0.29) is 11.4 Å². The first-order valence-electron chi connectivity index (χ1n) is 6.79. The van der Waals surface area contributed by atoms with Crippen molar-refractivity contribution in [3.05, 3.63) is 0 Å². The summed E-state index contributed by atoms with van der Waals surface area (Å²) in [5, 5.41) is 2.89. The fraction of sp³-hybridized carbons (Fsp3) is 0.923. The van der Waals surface area contributed by atoms with Crippen molar-refractivity contribution in [1.29, 1.82) is 0 Å². The number of rotatable bonds is 3. The molecule has 1 aliphatic heterocycles. The van der Waals surface area contributed by atoms with Crippen molar-refractivity contribution in [3.63, 3.8) is 0 Å². The summed E-state index contributed by atoms with van der Waals surface area (Å²) in [5.41, 5.74) is -0.0478. The lowest BCUT2D eigenvalue weighted by molar-refractivity contribution is -0.950. The van der Waals surface area contributed by atoms with E-state index in [2.05, 4.69) is 12.2 Å². The summed E-state index contributed by atoms with van der Waals surface area (Å²) >= 11 is 0. The third-order valence-corrected chi connectivity index (χ3v) is 4.81. The highest BCUT2D eigenvalue weighted by Gasteiger charge is 2.64. The predicted molar refractivity (Wildman–Crippen MR) is 65.0 cm³/mol. The van der Waals surface area contributed by atoms with Gasteiger partial charge >= 0.3 is 0 Å². The quantitative estimate of drug-likeness (QED) is 0.727. The second kappa shape index (κ2) is 4.36. The van der Waals surface area contributed by atoms with Crippen LogP contribution >= 0.6 is 0 Å². The summed E-state index contributed by atoms with van der Waals surface area (Å²) in [6.07, 6.45) is 7.49. The molecule has 3 nitrogen and oxygen atoms in total. The van der Waals surface area contributed by atoms with Crippen LogP contribution in [0.2, 0.25) is 0 Å². The van der Waals surface area contributed by atoms with E-state index in [0.29, 0.717) is 0 Å². The fourth-order valence-corrected chi connectivity index (χ4v) is 3.61. The van der Waals surface area contributed by atoms with Crippen molar-refractivity contribution in [3.8, 4) is 0 Å². The molecular weight excluding hydrogens is 200 g/mol. The largest absolute Gasteiger partial charge is 0.354 e. The van der Waals surface area contributed by atoms with Gasteiger partial charge in [0.25, 0.3) is 5.91 Å². The maximum Gasteiger partial charge on any atom is 0.281 e. The third kappa shape index (κ3) is 1.65. The first-order chi connectivity index (χ1) is 7.71. The number of hydrogen-bond acceptors (Lipinski definition) is 1. The Morgan fingerprint density at radius 3 is 2.12 bits per heavy atom. The molecule has 0 bridgehead atoms. The minimum atomic E-state index is -0.0478. The van der Waals surface area contributed by atoms with Crippen molar-refractivity contribution in [2.75, 3.05) is 26.7 Å². The summed E-state index contributed by atoms with van der Waals surface area (Å²) < 4.78 is 1.06. The molecule has 2 fully saturated rings. The average Bonchev–Trinajstić information content (AvgIpc) is 3.12. The second-order valence-electron chi connectivity index (χ2n) is 5.43. The van der Waals surface area contributed by atoms with Gasteiger partial charge in [0.15, 0.2) is 5.54 Å². The molecule has 0 spiro atoms. The number of nitrogens with one attached hydrogen (secondary N) is 1. The van der Waals surface area contributed by atoms with Gasteiger partial charge in [-0.1, -0.05) is 0 Å². The average molecular weight is 225 g/mol. The number of carbonyl (C=O) groups is 1. The number of quaternary nitrogens is 1. The summed E-state index contributed by atoms with van der Waals surface area (Å²) in [4.78, 5) is 12.1. The molecule has 0 aromatic carbocycles. The molecule has 92 valence electrons. The van der Waals surface area contributed by atoms with Gasteiger partial charge in [-0.3, -0.25) is 4.79 Å². The zero-order valence-electron chi connectivity index (χ0n) is 10.7. The van der Waals surface area contributed by atoms with Crippen LogP contribution in [0.25, 0.3) is 0 Å². The molecule has 1 amide bonds. The predicted octanol–water partition coefficient (Wildman–Crippen LogP) is 1.68. The van der Waals surface area contributed by atoms with Gasteiger partial charge in [-0.05, 0) is 32.6 Å². The van der Waals surface area contributed by atoms with Crippen molar-refractivity contribution >= 4 is 5.91 Å². The van der Waals surface area contributed by atoms with Gasteiger partial charge in [0.05, 0.1) is 19.6 Å². The Bertz CT molecular complexity index is 263. The fourth-order valence-electron chi connectivity index (χ4n) is 3.61. The number of carbonyl (C=O) groups excluding carboxylic acids is 1. The molecule has 1 heterocycles. The molecule has 16 heavy (non-hydrogen) atoms. The summed E-state index contributed by atoms with van der Waals surface area (Å²) in [6, 6.07) is 0. The van der Waals surface area contributed by atoms with Gasteiger partial charge < -0.3 is 9.80 Å². The van der Waals surface area contributed by atoms with Gasteiger partial charge in [0.1, 0.15) is 0 Å². The highest BCUT2D eigenvalue weighted by Crippen LogP contribution is 2.48. The van der Waals surface area contributed by atoms with Gasteiger partial charge in [-0.2, -0.15) is 0 Å². The number of likely N-dealkylation sites (tertiary alicyclic amines) is 1. The number of amides is 1. The van der Waals surface area contributed by atoms with Crippen molar-refractivity contribution in [2.24, 2.45) is 0 Å². The van der Waals surface area contributed by atoms with Crippen molar-refractivity contribution in [2.45, 2.75) is 51.0 Å². The van der Waals surface area contributed by atoms with Crippen LogP contribution in [0.4, 0.5) is 0 Å². The van der Waals surface area contributed by atoms with Crippen molar-refractivity contribution in [1.82, 2.24) is 5.32 Å². The Kier molecular flexibility index (Phi) is 3.24. The Morgan fingerprint density at radius 2 is 1.75 bits per heavy atom. The molecule has 2 aliphatic rings. The van der Waals surface area contributed by atoms with Crippen molar-refractivity contribution < 1.29 is 9.28 Å². The first-order valence-corrected chi connectivity index (χ1v) is 6.79. The zero-order valence-corrected chi connectivity index (χ0v) is 10.7. The lowest BCUT2D eigenvalue weighted by atomic mass is 10.1. The second-order valence-corrected chi connectivity index (χ2v) is 5.43. The lowest BCUT2D eigenvalue weighted by Crippen LogP contribution is -2.63. The Balaban J connectivity index is 2.22. The van der Waals surface area contributed by atoms with Crippen LogP contribution in [0, 0.1) is 0 Å². The summed E-state index contributed by atoms with van der Waals surface area (Å²) in [7, 11) is 1.78. The highest BCUT2D eigenvalue weighted by atomic mass is 16.2. The minimum Gasteiger partial charge on any atom is -0.354 e. The molecule has 0 aromatic rings. The Labute approximate surface area is 98.8 Å². The molecule has 0 unspecified atom stereocenters. The molecular formula is C13H25N2O+. The normalized spacial score (nSPS) is 26.9. The van der Waals surface area contributed by atoms with Gasteiger partial charge in [0, 0.05) is 19.9 Å². The molecule has 2 rings (SSSR count). The molecule has 0 aromatic heterocycles. The minimum absolute atomic E-state index is 0.0478. The van der Waals surface area contributed by atoms with Crippen LogP contribution in [0.5, 0.6) is 0 Å². The van der Waals surface area contributed by atoms with E-state index in [1.807, 2.05) is 0 Å². The van der Waals surface area contributed by atoms with Gasteiger partial charge in [-0.15, -0.1) is 0 Å². The number of hydrogen-bond donors (Lipinski definition) is 1. The SMILES string of the molecule is CC[N+]1(C2(C(=O)NC)CC2)CCCCCC1. The lowest BCUT2D eigenvalue weighted by Gasteiger charge is -2.43. The van der Waals surface area contributed by atoms with E-state index < -0.39 is 0 Å². The van der Waals surface area contributed by atoms with E-state index in [9.17, 15) is 4.79 Å². The van der Waals surface area contributed by atoms with Gasteiger partial charge in [0.2, 0.25) is 0 Å². The molecule has 0 radical (unpaired) electrons. The molecule has 0 atom stereocenters. The van der Waals surface area contributed by atoms with Gasteiger partial charge in [-0.25, -0.2) is 0 Å². The van der Waals surface area contributed by atoms with E-state index in [1.165, 1.54) is 38.8 Å². The smallest absolute Gasteiger partial charge is 0.281 e. The van der Waals surface area contributed by atoms with Crippen LogP contribution in [-0.4, -0.2) is 42.6 Å². The maximum atomic E-state index is 12.1. The van der Waals surface area contributed by atoms with Crippen LogP contribution in [0.3, 0.4) is 0 Å². The highest BCUT2D eigenvalue weighted by molar-refractivity contribution is 5.87. The molecule has 1 aliphatic carbocycles. The monoisotopic (exact) mass is 225 g/mol. The van der Waals surface area contributed by atoms with E-state index in [4.69, 9.17) is 0 Å². The van der Waals surface area contributed by atoms with Crippen LogP contribution < -0.4 is 5.32 Å². The Hall–Kier alpha value is -0.570. The Morgan fingerprint density at radius 1 is 1.19 bits per heavy atom. The zero-order chi connectivity index (χ0) is 11.6. The molecule has 1 saturated carbocycles. The maximum absolute atomic E-state index is 12.1. The van der Waals surface area contributed by atoms with Crippen LogP contribution in [0.1, 0.15) is 45.4 Å². The molecule has 1 N–H and O–H groups in total. The standard InChI is InChI=1S/C13H24N2O/c1-3-15(10-6-4-5-7-11-15)13(8-9-13)12(16)14-2/h3-11H2,1-2H3/p+1. The number of likely N-dealkylation sites (N-methyl/N-ethyl adjacent to an activating group) is 2. The molecule has 3 heteroatoms. The molecule has 1 saturated heterocycles. The number of nitrogens with zero attached hydrogens (tertiary/aromatic N) is 1. The summed E-state index contributed by atoms with van der Waals surface area (Å²) in [5.74, 6) is 0.288. The summed E-state index contributed by atoms with van der Waals surface area (Å²) in [6.45, 7) is 5.80. The van der Waals surface area contributed by atoms with E-state index in [0.717, 1.165) is 23.9 Å². The van der Waals surface area contributed by atoms with Crippen LogP contribution in [0.15, 0.2) is 0 Å². The third-order valence-electron chi connectivity index (χ3n) is 4.81. The van der Waals surface area contributed by atoms with Crippen LogP contribution in [-0.2, 0) is 4.79 Å². The first kappa shape index (κ1) is 11.9. The topological polar surface area (TPSA) is 29.1 Å².